The molecule has 148 valence electrons. The predicted octanol–water partition coefficient (Wildman–Crippen LogP) is 2.57. The summed E-state index contributed by atoms with van der Waals surface area (Å²) >= 11 is 0. The minimum absolute atomic E-state index is 0.0274. The molecular formula is C22H33N3O2. The zero-order valence-corrected chi connectivity index (χ0v) is 16.5. The highest BCUT2D eigenvalue weighted by atomic mass is 16.2. The molecule has 5 heteroatoms. The summed E-state index contributed by atoms with van der Waals surface area (Å²) in [7, 11) is 0. The summed E-state index contributed by atoms with van der Waals surface area (Å²) in [6, 6.07) is 9.98. The third-order valence-electron chi connectivity index (χ3n) is 6.21. The zero-order chi connectivity index (χ0) is 19.1. The summed E-state index contributed by atoms with van der Waals surface area (Å²) in [5.74, 6) is 1.53. The molecule has 2 fully saturated rings. The Bertz CT molecular complexity index is 605. The van der Waals surface area contributed by atoms with E-state index in [0.717, 1.165) is 31.5 Å². The summed E-state index contributed by atoms with van der Waals surface area (Å²) < 4.78 is 0. The topological polar surface area (TPSA) is 61.4 Å². The number of likely N-dealkylation sites (tertiary alicyclic amines) is 1. The molecule has 2 aliphatic rings. The maximum Gasteiger partial charge on any atom is 0.223 e. The maximum absolute atomic E-state index is 12.6. The van der Waals surface area contributed by atoms with E-state index in [1.807, 2.05) is 35.2 Å². The Kier molecular flexibility index (Phi) is 7.27. The van der Waals surface area contributed by atoms with Crippen LogP contribution in [-0.2, 0) is 16.1 Å². The lowest BCUT2D eigenvalue weighted by atomic mass is 9.83. The van der Waals surface area contributed by atoms with E-state index in [9.17, 15) is 9.59 Å². The number of benzene rings is 1. The quantitative estimate of drug-likeness (QED) is 0.808. The Morgan fingerprint density at radius 3 is 2.44 bits per heavy atom. The summed E-state index contributed by atoms with van der Waals surface area (Å²) in [6.07, 6.45) is 4.55. The molecule has 5 nitrogen and oxygen atoms in total. The molecule has 0 aromatic heterocycles. The van der Waals surface area contributed by atoms with E-state index in [1.165, 1.54) is 12.8 Å². The van der Waals surface area contributed by atoms with Gasteiger partial charge in [-0.1, -0.05) is 37.3 Å². The number of carbonyl (C=O) groups excluding carboxylic acids is 2. The standard InChI is InChI=1S/C22H33N3O2/c1-17(19-7-11-23-12-8-19)15-21(26)25-13-9-20(10-14-25)22(27)24-16-18-5-3-2-4-6-18/h2-6,17,19-20,23H,7-16H2,1H3,(H,24,27). The van der Waals surface area contributed by atoms with Crippen molar-refractivity contribution >= 4 is 11.8 Å². The van der Waals surface area contributed by atoms with Crippen molar-refractivity contribution in [2.75, 3.05) is 26.2 Å². The fourth-order valence-electron chi connectivity index (χ4n) is 4.30. The number of rotatable bonds is 6. The van der Waals surface area contributed by atoms with Crippen LogP contribution in [0, 0.1) is 17.8 Å². The molecule has 1 unspecified atom stereocenters. The normalized spacial score (nSPS) is 20.3. The number of nitrogens with zero attached hydrogens (tertiary/aromatic N) is 1. The summed E-state index contributed by atoms with van der Waals surface area (Å²) in [5.41, 5.74) is 1.12. The van der Waals surface area contributed by atoms with Crippen LogP contribution in [0.3, 0.4) is 0 Å². The Labute approximate surface area is 162 Å². The second kappa shape index (κ2) is 9.88. The molecule has 0 bridgehead atoms. The van der Waals surface area contributed by atoms with E-state index < -0.39 is 0 Å². The van der Waals surface area contributed by atoms with Crippen molar-refractivity contribution in [1.82, 2.24) is 15.5 Å². The Hall–Kier alpha value is -1.88. The van der Waals surface area contributed by atoms with Gasteiger partial charge in [0.25, 0.3) is 0 Å². The molecule has 1 atom stereocenters. The molecule has 0 aliphatic carbocycles. The lowest BCUT2D eigenvalue weighted by molar-refractivity contribution is -0.136. The van der Waals surface area contributed by atoms with Gasteiger partial charge in [-0.15, -0.1) is 0 Å². The highest BCUT2D eigenvalue weighted by Crippen LogP contribution is 2.26. The Morgan fingerprint density at radius 2 is 1.78 bits per heavy atom. The molecule has 1 aromatic rings. The lowest BCUT2D eigenvalue weighted by Gasteiger charge is -2.34. The predicted molar refractivity (Wildman–Crippen MR) is 107 cm³/mol. The van der Waals surface area contributed by atoms with Crippen LogP contribution in [-0.4, -0.2) is 42.9 Å². The first kappa shape index (κ1) is 19.9. The van der Waals surface area contributed by atoms with Crippen molar-refractivity contribution in [1.29, 1.82) is 0 Å². The van der Waals surface area contributed by atoms with E-state index >= 15 is 0 Å². The van der Waals surface area contributed by atoms with Crippen molar-refractivity contribution in [3.63, 3.8) is 0 Å². The van der Waals surface area contributed by atoms with Gasteiger partial charge in [-0.2, -0.15) is 0 Å². The third kappa shape index (κ3) is 5.80. The first-order valence-corrected chi connectivity index (χ1v) is 10.4. The molecule has 1 aromatic carbocycles. The molecule has 2 amide bonds. The summed E-state index contributed by atoms with van der Waals surface area (Å²) in [6.45, 7) is 6.37. The van der Waals surface area contributed by atoms with Gasteiger partial charge < -0.3 is 15.5 Å². The van der Waals surface area contributed by atoms with Crippen LogP contribution in [0.15, 0.2) is 30.3 Å². The van der Waals surface area contributed by atoms with Crippen LogP contribution in [0.2, 0.25) is 0 Å². The van der Waals surface area contributed by atoms with Gasteiger partial charge in [0.1, 0.15) is 0 Å². The molecular weight excluding hydrogens is 338 g/mol. The smallest absolute Gasteiger partial charge is 0.223 e. The molecule has 27 heavy (non-hydrogen) atoms. The zero-order valence-electron chi connectivity index (χ0n) is 16.5. The molecule has 2 saturated heterocycles. The summed E-state index contributed by atoms with van der Waals surface area (Å²) in [4.78, 5) is 27.0. The number of hydrogen-bond donors (Lipinski definition) is 2. The average molecular weight is 372 g/mol. The lowest BCUT2D eigenvalue weighted by Crippen LogP contribution is -2.43. The van der Waals surface area contributed by atoms with E-state index in [2.05, 4.69) is 17.6 Å². The number of carbonyl (C=O) groups is 2. The molecule has 0 saturated carbocycles. The van der Waals surface area contributed by atoms with Crippen LogP contribution in [0.5, 0.6) is 0 Å². The van der Waals surface area contributed by atoms with E-state index in [1.54, 1.807) is 0 Å². The first-order valence-electron chi connectivity index (χ1n) is 10.4. The second-order valence-corrected chi connectivity index (χ2v) is 8.13. The van der Waals surface area contributed by atoms with Gasteiger partial charge >= 0.3 is 0 Å². The van der Waals surface area contributed by atoms with Crippen molar-refractivity contribution in [3.8, 4) is 0 Å². The van der Waals surface area contributed by atoms with E-state index in [4.69, 9.17) is 0 Å². The van der Waals surface area contributed by atoms with Crippen LogP contribution >= 0.6 is 0 Å². The highest BCUT2D eigenvalue weighted by molar-refractivity contribution is 5.80. The molecule has 2 N–H and O–H groups in total. The Balaban J connectivity index is 1.38. The maximum atomic E-state index is 12.6. The second-order valence-electron chi connectivity index (χ2n) is 8.13. The number of nitrogens with one attached hydrogen (secondary N) is 2. The van der Waals surface area contributed by atoms with Gasteiger partial charge in [-0.25, -0.2) is 0 Å². The Morgan fingerprint density at radius 1 is 1.11 bits per heavy atom. The van der Waals surface area contributed by atoms with Crippen molar-refractivity contribution < 1.29 is 9.59 Å². The molecule has 2 heterocycles. The fraction of sp³-hybridized carbons (Fsp3) is 0.636. The number of hydrogen-bond acceptors (Lipinski definition) is 3. The molecule has 2 aliphatic heterocycles. The van der Waals surface area contributed by atoms with E-state index in [0.29, 0.717) is 37.9 Å². The number of amides is 2. The van der Waals surface area contributed by atoms with Gasteiger partial charge in [-0.3, -0.25) is 9.59 Å². The average Bonchev–Trinajstić information content (AvgIpc) is 2.73. The largest absolute Gasteiger partial charge is 0.352 e. The fourth-order valence-corrected chi connectivity index (χ4v) is 4.30. The number of piperidine rings is 2. The van der Waals surface area contributed by atoms with Crippen molar-refractivity contribution in [3.05, 3.63) is 35.9 Å². The van der Waals surface area contributed by atoms with Gasteiger partial charge in [0.05, 0.1) is 0 Å². The minimum Gasteiger partial charge on any atom is -0.352 e. The van der Waals surface area contributed by atoms with Gasteiger partial charge in [0.2, 0.25) is 11.8 Å². The molecule has 0 radical (unpaired) electrons. The van der Waals surface area contributed by atoms with E-state index in [-0.39, 0.29) is 17.7 Å². The highest BCUT2D eigenvalue weighted by Gasteiger charge is 2.29. The molecule has 0 spiro atoms. The van der Waals surface area contributed by atoms with Crippen molar-refractivity contribution in [2.24, 2.45) is 17.8 Å². The van der Waals surface area contributed by atoms with Gasteiger partial charge in [0.15, 0.2) is 0 Å². The van der Waals surface area contributed by atoms with Gasteiger partial charge in [-0.05, 0) is 56.2 Å². The monoisotopic (exact) mass is 371 g/mol. The first-order chi connectivity index (χ1) is 13.1. The van der Waals surface area contributed by atoms with Crippen LogP contribution in [0.25, 0.3) is 0 Å². The van der Waals surface area contributed by atoms with Crippen molar-refractivity contribution in [2.45, 2.75) is 45.6 Å². The minimum atomic E-state index is 0.0274. The van der Waals surface area contributed by atoms with Crippen LogP contribution < -0.4 is 10.6 Å². The molecule has 3 rings (SSSR count). The van der Waals surface area contributed by atoms with Gasteiger partial charge in [0, 0.05) is 32.0 Å². The summed E-state index contributed by atoms with van der Waals surface area (Å²) in [5, 5.41) is 6.43. The van der Waals surface area contributed by atoms with Crippen LogP contribution in [0.4, 0.5) is 0 Å². The van der Waals surface area contributed by atoms with Crippen LogP contribution in [0.1, 0.15) is 44.6 Å². The SMILES string of the molecule is CC(CC(=O)N1CCC(C(=O)NCc2ccccc2)CC1)C1CCNCC1. The third-order valence-corrected chi connectivity index (χ3v) is 6.21.